The summed E-state index contributed by atoms with van der Waals surface area (Å²) < 4.78 is 5.14. The largest absolute Gasteiger partial charge is 0.466 e. The predicted octanol–water partition coefficient (Wildman–Crippen LogP) is 3.44. The highest BCUT2D eigenvalue weighted by atomic mass is 16.5. The van der Waals surface area contributed by atoms with Crippen LogP contribution in [0.5, 0.6) is 5.75 Å². The van der Waals surface area contributed by atoms with E-state index in [0.29, 0.717) is 16.9 Å². The molecular weight excluding hydrogens is 212 g/mol. The molecule has 0 aromatic heterocycles. The third-order valence-corrected chi connectivity index (χ3v) is 2.35. The van der Waals surface area contributed by atoms with E-state index in [1.165, 1.54) is 6.26 Å². The van der Waals surface area contributed by atoms with Crippen molar-refractivity contribution < 1.29 is 9.53 Å². The maximum Gasteiger partial charge on any atom is 0.193 e. The summed E-state index contributed by atoms with van der Waals surface area (Å²) in [7, 11) is 0. The number of hydrogen-bond acceptors (Lipinski definition) is 2. The molecule has 2 aromatic carbocycles. The lowest BCUT2D eigenvalue weighted by atomic mass is 10.0. The average Bonchev–Trinajstić information content (AvgIpc) is 2.40. The van der Waals surface area contributed by atoms with Crippen molar-refractivity contribution in [2.75, 3.05) is 0 Å². The second kappa shape index (κ2) is 5.12. The van der Waals surface area contributed by atoms with Crippen LogP contribution in [0.4, 0.5) is 0 Å². The Balaban J connectivity index is 2.31. The highest BCUT2D eigenvalue weighted by Gasteiger charge is 2.08. The molecule has 0 heterocycles. The molecule has 2 aromatic rings. The Morgan fingerprint density at radius 3 is 2.41 bits per heavy atom. The summed E-state index contributed by atoms with van der Waals surface area (Å²) in [5.41, 5.74) is 1.28. The third-order valence-electron chi connectivity index (χ3n) is 2.35. The molecule has 2 nitrogen and oxygen atoms in total. The van der Waals surface area contributed by atoms with E-state index in [9.17, 15) is 4.79 Å². The zero-order valence-corrected chi connectivity index (χ0v) is 9.30. The fourth-order valence-corrected chi connectivity index (χ4v) is 1.56. The van der Waals surface area contributed by atoms with Crippen molar-refractivity contribution in [2.45, 2.75) is 0 Å². The van der Waals surface area contributed by atoms with Crippen molar-refractivity contribution >= 4 is 5.78 Å². The van der Waals surface area contributed by atoms with Gasteiger partial charge in [-0.15, -0.1) is 0 Å². The highest BCUT2D eigenvalue weighted by Crippen LogP contribution is 2.16. The first-order valence-corrected chi connectivity index (χ1v) is 5.28. The average molecular weight is 224 g/mol. The summed E-state index contributed by atoms with van der Waals surface area (Å²) in [5, 5.41) is 0. The maximum atomic E-state index is 12.1. The summed E-state index contributed by atoms with van der Waals surface area (Å²) in [6.45, 7) is 3.48. The fourth-order valence-electron chi connectivity index (χ4n) is 1.56. The van der Waals surface area contributed by atoms with Crippen molar-refractivity contribution in [3.8, 4) is 5.75 Å². The van der Waals surface area contributed by atoms with E-state index in [0.717, 1.165) is 0 Å². The van der Waals surface area contributed by atoms with Gasteiger partial charge in [0.1, 0.15) is 5.75 Å². The molecule has 0 unspecified atom stereocenters. The van der Waals surface area contributed by atoms with E-state index in [4.69, 9.17) is 4.74 Å². The van der Waals surface area contributed by atoms with Crippen LogP contribution in [0.25, 0.3) is 0 Å². The second-order valence-electron chi connectivity index (χ2n) is 3.51. The van der Waals surface area contributed by atoms with Gasteiger partial charge in [-0.25, -0.2) is 0 Å². The van der Waals surface area contributed by atoms with Gasteiger partial charge in [0, 0.05) is 11.1 Å². The normalized spacial score (nSPS) is 9.65. The van der Waals surface area contributed by atoms with Crippen molar-refractivity contribution in [1.82, 2.24) is 0 Å². The number of ether oxygens (including phenoxy) is 1. The quantitative estimate of drug-likeness (QED) is 0.587. The Morgan fingerprint density at radius 2 is 1.71 bits per heavy atom. The number of carbonyl (C=O) groups excluding carboxylic acids is 1. The van der Waals surface area contributed by atoms with Gasteiger partial charge in [0.25, 0.3) is 0 Å². The van der Waals surface area contributed by atoms with Crippen molar-refractivity contribution in [3.63, 3.8) is 0 Å². The summed E-state index contributed by atoms with van der Waals surface area (Å²) >= 11 is 0. The monoisotopic (exact) mass is 224 g/mol. The Labute approximate surface area is 100 Å². The van der Waals surface area contributed by atoms with Gasteiger partial charge < -0.3 is 4.74 Å². The van der Waals surface area contributed by atoms with E-state index >= 15 is 0 Å². The molecular formula is C15H12O2. The van der Waals surface area contributed by atoms with Crippen LogP contribution in [0.3, 0.4) is 0 Å². The van der Waals surface area contributed by atoms with Gasteiger partial charge in [-0.1, -0.05) is 49.0 Å². The fraction of sp³-hybridized carbons (Fsp3) is 0. The molecule has 0 bridgehead atoms. The lowest BCUT2D eigenvalue weighted by Crippen LogP contribution is -2.00. The molecule has 0 atom stereocenters. The zero-order chi connectivity index (χ0) is 12.1. The van der Waals surface area contributed by atoms with Gasteiger partial charge in [0.05, 0.1) is 6.26 Å². The van der Waals surface area contributed by atoms with Crippen LogP contribution in [0.2, 0.25) is 0 Å². The van der Waals surface area contributed by atoms with Gasteiger partial charge in [-0.05, 0) is 12.1 Å². The first-order valence-electron chi connectivity index (χ1n) is 5.28. The van der Waals surface area contributed by atoms with E-state index in [-0.39, 0.29) is 5.78 Å². The number of hydrogen-bond donors (Lipinski definition) is 0. The predicted molar refractivity (Wildman–Crippen MR) is 67.1 cm³/mol. The minimum atomic E-state index is -0.0138. The van der Waals surface area contributed by atoms with Crippen molar-refractivity contribution in [2.24, 2.45) is 0 Å². The Kier molecular flexibility index (Phi) is 3.36. The molecule has 2 heteroatoms. The van der Waals surface area contributed by atoms with Gasteiger partial charge in [0.15, 0.2) is 5.78 Å². The molecule has 2 rings (SSSR count). The standard InChI is InChI=1S/C15H12O2/c1-2-17-14-10-6-9-13(11-14)15(16)12-7-4-3-5-8-12/h2-11H,1H2. The van der Waals surface area contributed by atoms with Crippen LogP contribution < -0.4 is 4.74 Å². The smallest absolute Gasteiger partial charge is 0.193 e. The molecule has 0 aliphatic heterocycles. The molecule has 0 fully saturated rings. The molecule has 0 N–H and O–H groups in total. The van der Waals surface area contributed by atoms with Crippen LogP contribution in [-0.2, 0) is 0 Å². The number of ketones is 1. The van der Waals surface area contributed by atoms with Gasteiger partial charge in [-0.3, -0.25) is 4.79 Å². The van der Waals surface area contributed by atoms with Crippen LogP contribution in [0.15, 0.2) is 67.4 Å². The minimum Gasteiger partial charge on any atom is -0.466 e. The molecule has 84 valence electrons. The Morgan fingerprint density at radius 1 is 1.00 bits per heavy atom. The van der Waals surface area contributed by atoms with E-state index in [1.54, 1.807) is 36.4 Å². The van der Waals surface area contributed by atoms with Crippen LogP contribution in [0.1, 0.15) is 15.9 Å². The van der Waals surface area contributed by atoms with Gasteiger partial charge in [0.2, 0.25) is 0 Å². The van der Waals surface area contributed by atoms with Crippen LogP contribution >= 0.6 is 0 Å². The lowest BCUT2D eigenvalue weighted by Gasteiger charge is -2.03. The number of rotatable bonds is 4. The first-order chi connectivity index (χ1) is 8.31. The van der Waals surface area contributed by atoms with Gasteiger partial charge >= 0.3 is 0 Å². The van der Waals surface area contributed by atoms with E-state index < -0.39 is 0 Å². The Bertz CT molecular complexity index is 530. The second-order valence-corrected chi connectivity index (χ2v) is 3.51. The van der Waals surface area contributed by atoms with E-state index in [2.05, 4.69) is 6.58 Å². The van der Waals surface area contributed by atoms with Crippen molar-refractivity contribution in [3.05, 3.63) is 78.6 Å². The summed E-state index contributed by atoms with van der Waals surface area (Å²) in [6, 6.07) is 16.2. The lowest BCUT2D eigenvalue weighted by molar-refractivity contribution is 0.103. The summed E-state index contributed by atoms with van der Waals surface area (Å²) in [6.07, 6.45) is 1.34. The topological polar surface area (TPSA) is 26.3 Å². The number of benzene rings is 2. The molecule has 17 heavy (non-hydrogen) atoms. The minimum absolute atomic E-state index is 0.0138. The van der Waals surface area contributed by atoms with E-state index in [1.807, 2.05) is 18.2 Å². The zero-order valence-electron chi connectivity index (χ0n) is 9.30. The number of carbonyl (C=O) groups is 1. The van der Waals surface area contributed by atoms with Crippen molar-refractivity contribution in [1.29, 1.82) is 0 Å². The SMILES string of the molecule is C=COc1cccc(C(=O)c2ccccc2)c1. The van der Waals surface area contributed by atoms with Crippen LogP contribution in [0, 0.1) is 0 Å². The molecule has 0 aliphatic carbocycles. The van der Waals surface area contributed by atoms with Gasteiger partial charge in [-0.2, -0.15) is 0 Å². The third kappa shape index (κ3) is 2.61. The maximum absolute atomic E-state index is 12.1. The summed E-state index contributed by atoms with van der Waals surface area (Å²) in [5.74, 6) is 0.599. The first kappa shape index (κ1) is 11.1. The molecule has 0 radical (unpaired) electrons. The molecule has 0 spiro atoms. The highest BCUT2D eigenvalue weighted by molar-refractivity contribution is 6.09. The molecule has 0 saturated heterocycles. The Hall–Kier alpha value is -2.35. The van der Waals surface area contributed by atoms with Crippen LogP contribution in [-0.4, -0.2) is 5.78 Å². The summed E-state index contributed by atoms with van der Waals surface area (Å²) in [4.78, 5) is 12.1. The molecule has 0 saturated carbocycles. The molecule has 0 aliphatic rings. The molecule has 0 amide bonds.